The van der Waals surface area contributed by atoms with Crippen LogP contribution < -0.4 is 14.8 Å². The van der Waals surface area contributed by atoms with Crippen molar-refractivity contribution in [2.24, 2.45) is 17.8 Å². The van der Waals surface area contributed by atoms with Gasteiger partial charge in [-0.1, -0.05) is 6.07 Å². The number of alkyl halides is 2. The lowest BCUT2D eigenvalue weighted by atomic mass is 10.1. The van der Waals surface area contributed by atoms with E-state index in [0.29, 0.717) is 11.6 Å². The van der Waals surface area contributed by atoms with E-state index in [1.54, 1.807) is 13.3 Å². The summed E-state index contributed by atoms with van der Waals surface area (Å²) in [6.07, 6.45) is -0.840. The highest BCUT2D eigenvalue weighted by molar-refractivity contribution is 5.88. The van der Waals surface area contributed by atoms with Gasteiger partial charge in [0, 0.05) is 23.4 Å². The van der Waals surface area contributed by atoms with Gasteiger partial charge in [-0.3, -0.25) is 4.79 Å². The second kappa shape index (κ2) is 5.58. The molecule has 1 saturated carbocycles. The summed E-state index contributed by atoms with van der Waals surface area (Å²) >= 11 is 0. The minimum atomic E-state index is -2.46. The van der Waals surface area contributed by atoms with Crippen LogP contribution in [0.25, 0.3) is 10.8 Å². The molecule has 1 aliphatic carbocycles. The van der Waals surface area contributed by atoms with Crippen LogP contribution in [0.15, 0.2) is 30.5 Å². The van der Waals surface area contributed by atoms with E-state index >= 15 is 0 Å². The molecule has 1 aliphatic heterocycles. The Morgan fingerprint density at radius 1 is 1.33 bits per heavy atom. The average Bonchev–Trinajstić information content (AvgIpc) is 3.26. The van der Waals surface area contributed by atoms with Crippen molar-refractivity contribution in [2.45, 2.75) is 12.5 Å². The number of carbonyl (C=O) groups excluding carboxylic acids is 1. The lowest BCUT2D eigenvalue weighted by Crippen LogP contribution is -2.38. The van der Waals surface area contributed by atoms with E-state index in [2.05, 4.69) is 10.3 Å². The van der Waals surface area contributed by atoms with Crippen LogP contribution in [0.2, 0.25) is 0 Å². The van der Waals surface area contributed by atoms with Crippen molar-refractivity contribution in [3.05, 3.63) is 30.5 Å². The first-order valence-corrected chi connectivity index (χ1v) is 7.74. The molecule has 1 aromatic carbocycles. The fourth-order valence-corrected chi connectivity index (χ4v) is 3.61. The summed E-state index contributed by atoms with van der Waals surface area (Å²) in [5.41, 5.74) is 0. The number of piperidine rings is 1. The van der Waals surface area contributed by atoms with E-state index < -0.39 is 24.3 Å². The SMILES string of the molecule is COc1ccc2ccnc(OC[C@H]3NC(=O)[C@@H]4C(C(F)F)[C@@H]43)c2c1. The summed E-state index contributed by atoms with van der Waals surface area (Å²) in [6.45, 7) is 0.124. The molecule has 24 heavy (non-hydrogen) atoms. The monoisotopic (exact) mass is 334 g/mol. The van der Waals surface area contributed by atoms with Crippen LogP contribution in [0, 0.1) is 17.8 Å². The lowest BCUT2D eigenvalue weighted by Gasteiger charge is -2.17. The van der Waals surface area contributed by atoms with E-state index in [1.165, 1.54) is 0 Å². The fourth-order valence-electron chi connectivity index (χ4n) is 3.61. The number of ether oxygens (including phenoxy) is 2. The molecule has 2 aliphatic rings. The number of pyridine rings is 1. The zero-order valence-corrected chi connectivity index (χ0v) is 12.9. The Bertz CT molecular complexity index is 798. The topological polar surface area (TPSA) is 60.5 Å². The van der Waals surface area contributed by atoms with Crippen molar-refractivity contribution in [1.29, 1.82) is 0 Å². The van der Waals surface area contributed by atoms with Crippen molar-refractivity contribution in [1.82, 2.24) is 10.3 Å². The number of carbonyl (C=O) groups is 1. The van der Waals surface area contributed by atoms with Crippen LogP contribution in [0.1, 0.15) is 0 Å². The van der Waals surface area contributed by atoms with Gasteiger partial charge in [0.05, 0.1) is 19.1 Å². The van der Waals surface area contributed by atoms with Crippen LogP contribution in [-0.2, 0) is 4.79 Å². The zero-order valence-electron chi connectivity index (χ0n) is 12.9. The van der Waals surface area contributed by atoms with Crippen LogP contribution in [0.5, 0.6) is 11.6 Å². The molecule has 1 unspecified atom stereocenters. The number of nitrogens with zero attached hydrogens (tertiary/aromatic N) is 1. The van der Waals surface area contributed by atoms with Gasteiger partial charge in [-0.05, 0) is 23.6 Å². The number of aromatic nitrogens is 1. The second-order valence-corrected chi connectivity index (χ2v) is 6.14. The molecule has 1 amide bonds. The third-order valence-electron chi connectivity index (χ3n) is 4.86. The number of benzene rings is 1. The van der Waals surface area contributed by atoms with Gasteiger partial charge in [-0.15, -0.1) is 0 Å². The van der Waals surface area contributed by atoms with Crippen molar-refractivity contribution in [2.75, 3.05) is 13.7 Å². The molecular formula is C17H16F2N2O3. The molecule has 1 aromatic heterocycles. The predicted octanol–water partition coefficient (Wildman–Crippen LogP) is 2.25. The van der Waals surface area contributed by atoms with Gasteiger partial charge in [0.2, 0.25) is 18.2 Å². The number of amides is 1. The highest BCUT2D eigenvalue weighted by Crippen LogP contribution is 2.55. The van der Waals surface area contributed by atoms with E-state index in [-0.39, 0.29) is 18.4 Å². The van der Waals surface area contributed by atoms with E-state index in [4.69, 9.17) is 9.47 Å². The maximum Gasteiger partial charge on any atom is 0.242 e. The van der Waals surface area contributed by atoms with Crippen LogP contribution in [0.4, 0.5) is 8.78 Å². The molecule has 2 heterocycles. The molecule has 126 valence electrons. The molecular weight excluding hydrogens is 318 g/mol. The Hall–Kier alpha value is -2.44. The smallest absolute Gasteiger partial charge is 0.242 e. The summed E-state index contributed by atoms with van der Waals surface area (Å²) in [7, 11) is 1.57. The Balaban J connectivity index is 1.52. The Labute approximate surface area is 137 Å². The van der Waals surface area contributed by atoms with E-state index in [0.717, 1.165) is 10.8 Å². The van der Waals surface area contributed by atoms with Gasteiger partial charge < -0.3 is 14.8 Å². The predicted molar refractivity (Wildman–Crippen MR) is 82.2 cm³/mol. The second-order valence-electron chi connectivity index (χ2n) is 6.14. The third-order valence-corrected chi connectivity index (χ3v) is 4.86. The summed E-state index contributed by atoms with van der Waals surface area (Å²) in [5.74, 6) is -0.978. The number of hydrogen-bond donors (Lipinski definition) is 1. The molecule has 7 heteroatoms. The molecule has 5 nitrogen and oxygen atoms in total. The van der Waals surface area contributed by atoms with Crippen molar-refractivity contribution < 1.29 is 23.0 Å². The molecule has 0 bridgehead atoms. The number of halogens is 2. The standard InChI is InChI=1S/C17H16F2N2O3/c1-23-9-3-2-8-4-5-20-17(10(8)6-9)24-7-11-12-13(15(18)19)14(12)16(22)21-11/h2-6,11-15H,7H2,1H3,(H,21,22)/t11-,12+,13?,14+/m1/s1. The van der Waals surface area contributed by atoms with Crippen molar-refractivity contribution in [3.8, 4) is 11.6 Å². The lowest BCUT2D eigenvalue weighted by molar-refractivity contribution is -0.122. The normalized spacial score (nSPS) is 27.9. The zero-order chi connectivity index (χ0) is 16.8. The van der Waals surface area contributed by atoms with Gasteiger partial charge in [0.1, 0.15) is 12.4 Å². The minimum absolute atomic E-state index is 0.124. The van der Waals surface area contributed by atoms with Gasteiger partial charge in [0.15, 0.2) is 0 Å². The number of methoxy groups -OCH3 is 1. The first kappa shape index (κ1) is 15.1. The maximum atomic E-state index is 12.9. The average molecular weight is 334 g/mol. The molecule has 1 N–H and O–H groups in total. The van der Waals surface area contributed by atoms with Gasteiger partial charge >= 0.3 is 0 Å². The molecule has 4 atom stereocenters. The molecule has 0 radical (unpaired) electrons. The summed E-state index contributed by atoms with van der Waals surface area (Å²) in [6, 6.07) is 6.99. The quantitative estimate of drug-likeness (QED) is 0.911. The number of rotatable bonds is 5. The van der Waals surface area contributed by atoms with E-state index in [1.807, 2.05) is 24.3 Å². The summed E-state index contributed by atoms with van der Waals surface area (Å²) in [4.78, 5) is 15.9. The molecule has 2 fully saturated rings. The Kier molecular flexibility index (Phi) is 3.51. The fraction of sp³-hybridized carbons (Fsp3) is 0.412. The van der Waals surface area contributed by atoms with Gasteiger partial charge in [-0.2, -0.15) is 0 Å². The van der Waals surface area contributed by atoms with Crippen molar-refractivity contribution in [3.63, 3.8) is 0 Å². The third kappa shape index (κ3) is 2.35. The largest absolute Gasteiger partial charge is 0.497 e. The summed E-state index contributed by atoms with van der Waals surface area (Å²) < 4.78 is 36.8. The Morgan fingerprint density at radius 2 is 2.17 bits per heavy atom. The molecule has 2 aromatic rings. The number of fused-ring (bicyclic) bond motifs is 2. The van der Waals surface area contributed by atoms with Crippen LogP contribution in [0.3, 0.4) is 0 Å². The highest BCUT2D eigenvalue weighted by atomic mass is 19.3. The van der Waals surface area contributed by atoms with Crippen LogP contribution >= 0.6 is 0 Å². The van der Waals surface area contributed by atoms with Gasteiger partial charge in [0.25, 0.3) is 0 Å². The highest BCUT2D eigenvalue weighted by Gasteiger charge is 2.67. The Morgan fingerprint density at radius 3 is 2.88 bits per heavy atom. The molecule has 0 spiro atoms. The van der Waals surface area contributed by atoms with Crippen molar-refractivity contribution >= 4 is 16.7 Å². The first-order chi connectivity index (χ1) is 11.6. The molecule has 4 rings (SSSR count). The number of nitrogens with one attached hydrogen (secondary N) is 1. The number of hydrogen-bond acceptors (Lipinski definition) is 4. The van der Waals surface area contributed by atoms with Crippen LogP contribution in [-0.4, -0.2) is 37.1 Å². The maximum absolute atomic E-state index is 12.9. The minimum Gasteiger partial charge on any atom is -0.497 e. The molecule has 1 saturated heterocycles. The van der Waals surface area contributed by atoms with Gasteiger partial charge in [-0.25, -0.2) is 13.8 Å². The van der Waals surface area contributed by atoms with E-state index in [9.17, 15) is 13.6 Å². The first-order valence-electron chi connectivity index (χ1n) is 7.74. The summed E-state index contributed by atoms with van der Waals surface area (Å²) in [5, 5.41) is 4.44.